The minimum atomic E-state index is -3.81. The van der Waals surface area contributed by atoms with Gasteiger partial charge in [-0.05, 0) is 48.4 Å². The highest BCUT2D eigenvalue weighted by Crippen LogP contribution is 2.39. The van der Waals surface area contributed by atoms with Crippen LogP contribution in [0.25, 0.3) is 0 Å². The predicted molar refractivity (Wildman–Crippen MR) is 131 cm³/mol. The van der Waals surface area contributed by atoms with Crippen molar-refractivity contribution in [2.24, 2.45) is 0 Å². The maximum absolute atomic E-state index is 13.0. The number of fused-ring (bicyclic) bond motifs is 1. The Morgan fingerprint density at radius 1 is 1.24 bits per heavy atom. The third-order valence-corrected chi connectivity index (χ3v) is 8.72. The normalized spacial score (nSPS) is 19.2. The van der Waals surface area contributed by atoms with Gasteiger partial charge in [0.05, 0.1) is 21.3 Å². The van der Waals surface area contributed by atoms with Crippen LogP contribution in [0.1, 0.15) is 12.0 Å². The van der Waals surface area contributed by atoms with Crippen LogP contribution in [-0.2, 0) is 20.4 Å². The molecular formula is C22H16Cl2N2O6S2. The minimum Gasteiger partial charge on any atom is -0.502 e. The number of nitro groups is 1. The lowest BCUT2D eigenvalue weighted by atomic mass is 10.0. The van der Waals surface area contributed by atoms with E-state index in [9.17, 15) is 28.4 Å². The molecule has 0 radical (unpaired) electrons. The maximum atomic E-state index is 13.0. The van der Waals surface area contributed by atoms with Gasteiger partial charge in [-0.3, -0.25) is 14.9 Å². The second-order valence-electron chi connectivity index (χ2n) is 7.47. The molecule has 176 valence electrons. The van der Waals surface area contributed by atoms with Crippen LogP contribution in [0.15, 0.2) is 81.4 Å². The first kappa shape index (κ1) is 24.3. The molecule has 0 spiro atoms. The molecule has 0 saturated carbocycles. The first-order valence-electron chi connectivity index (χ1n) is 9.78. The van der Waals surface area contributed by atoms with Crippen molar-refractivity contribution in [3.63, 3.8) is 0 Å². The van der Waals surface area contributed by atoms with Crippen molar-refractivity contribution in [1.29, 1.82) is 0 Å². The highest BCUT2D eigenvalue weighted by molar-refractivity contribution is 8.01. The quantitative estimate of drug-likeness (QED) is 0.389. The summed E-state index contributed by atoms with van der Waals surface area (Å²) in [5.41, 5.74) is 0.714. The van der Waals surface area contributed by atoms with Crippen LogP contribution in [0.4, 0.5) is 5.69 Å². The number of nitrogens with zero attached hydrogens (tertiary/aromatic N) is 1. The minimum absolute atomic E-state index is 0.00592. The molecule has 0 aromatic heterocycles. The molecule has 2 aromatic rings. The van der Waals surface area contributed by atoms with Gasteiger partial charge in [-0.1, -0.05) is 35.3 Å². The number of anilines is 1. The van der Waals surface area contributed by atoms with E-state index < -0.39 is 43.1 Å². The van der Waals surface area contributed by atoms with E-state index in [1.807, 2.05) is 0 Å². The second-order valence-corrected chi connectivity index (χ2v) is 11.5. The summed E-state index contributed by atoms with van der Waals surface area (Å²) in [6.45, 7) is 0. The number of aliphatic hydroxyl groups excluding tert-OH is 1. The van der Waals surface area contributed by atoms with Gasteiger partial charge in [0.2, 0.25) is 5.91 Å². The number of amides is 1. The van der Waals surface area contributed by atoms with Crippen LogP contribution < -0.4 is 5.32 Å². The fourth-order valence-corrected chi connectivity index (χ4v) is 6.62. The largest absolute Gasteiger partial charge is 0.502 e. The molecule has 2 N–H and O–H groups in total. The Balaban J connectivity index is 1.58. The molecule has 2 aromatic carbocycles. The molecular weight excluding hydrogens is 523 g/mol. The summed E-state index contributed by atoms with van der Waals surface area (Å²) in [5.74, 6) is -1.21. The third-order valence-electron chi connectivity index (χ3n) is 5.15. The molecule has 2 aliphatic rings. The van der Waals surface area contributed by atoms with E-state index in [1.54, 1.807) is 30.3 Å². The number of nitrogens with one attached hydrogen (secondary N) is 1. The lowest BCUT2D eigenvalue weighted by Crippen LogP contribution is -2.28. The van der Waals surface area contributed by atoms with Gasteiger partial charge < -0.3 is 10.4 Å². The van der Waals surface area contributed by atoms with Crippen LogP contribution in [-0.4, -0.2) is 29.6 Å². The van der Waals surface area contributed by atoms with E-state index >= 15 is 0 Å². The van der Waals surface area contributed by atoms with E-state index in [-0.39, 0.29) is 21.4 Å². The highest BCUT2D eigenvalue weighted by atomic mass is 35.5. The van der Waals surface area contributed by atoms with Crippen LogP contribution in [0.5, 0.6) is 0 Å². The Morgan fingerprint density at radius 3 is 2.62 bits per heavy atom. The number of thioether (sulfide) groups is 1. The van der Waals surface area contributed by atoms with Gasteiger partial charge in [0.25, 0.3) is 0 Å². The molecule has 0 saturated heterocycles. The number of aliphatic hydroxyl groups is 1. The molecule has 1 atom stereocenters. The Morgan fingerprint density at radius 2 is 1.94 bits per heavy atom. The Kier molecular flexibility index (Phi) is 6.77. The van der Waals surface area contributed by atoms with E-state index in [1.165, 1.54) is 36.0 Å². The van der Waals surface area contributed by atoms with Crippen LogP contribution in [0, 0.1) is 10.1 Å². The fourth-order valence-electron chi connectivity index (χ4n) is 3.43. The highest BCUT2D eigenvalue weighted by Gasteiger charge is 2.29. The summed E-state index contributed by atoms with van der Waals surface area (Å²) in [6, 6.07) is 9.17. The average Bonchev–Trinajstić information content (AvgIpc) is 2.77. The van der Waals surface area contributed by atoms with Crippen molar-refractivity contribution in [3.05, 3.63) is 97.4 Å². The van der Waals surface area contributed by atoms with Gasteiger partial charge in [-0.2, -0.15) is 0 Å². The molecule has 1 heterocycles. The Labute approximate surface area is 209 Å². The first-order valence-corrected chi connectivity index (χ1v) is 13.1. The van der Waals surface area contributed by atoms with E-state index in [0.717, 1.165) is 0 Å². The van der Waals surface area contributed by atoms with Gasteiger partial charge in [-0.25, -0.2) is 8.42 Å². The molecule has 34 heavy (non-hydrogen) atoms. The number of allylic oxidation sites excluding steroid dienone is 3. The van der Waals surface area contributed by atoms with Crippen LogP contribution >= 0.6 is 35.0 Å². The van der Waals surface area contributed by atoms with Gasteiger partial charge in [-0.15, -0.1) is 11.8 Å². The van der Waals surface area contributed by atoms with Crippen molar-refractivity contribution in [3.8, 4) is 0 Å². The van der Waals surface area contributed by atoms with Gasteiger partial charge in [0, 0.05) is 26.6 Å². The average molecular weight is 539 g/mol. The van der Waals surface area contributed by atoms with E-state index in [0.29, 0.717) is 21.7 Å². The third kappa shape index (κ3) is 5.00. The number of carbonyl (C=O) groups is 1. The molecule has 1 aliphatic heterocycles. The van der Waals surface area contributed by atoms with Crippen molar-refractivity contribution < 1.29 is 23.2 Å². The molecule has 0 bridgehead atoms. The number of hydrogen-bond acceptors (Lipinski definition) is 7. The van der Waals surface area contributed by atoms with E-state index in [4.69, 9.17) is 23.2 Å². The second kappa shape index (κ2) is 9.46. The SMILES string of the molecule is O=C1Nc2cc(S(=O)(=O)Cc3c(Cl)cccc3Cl)ccc2SC1/C=C1\C=C([N+](=O)[O-])C(O)=CC1. The Hall–Kier alpha value is -2.79. The number of rotatable bonds is 5. The van der Waals surface area contributed by atoms with Crippen molar-refractivity contribution in [1.82, 2.24) is 0 Å². The summed E-state index contributed by atoms with van der Waals surface area (Å²) in [4.78, 5) is 23.7. The summed E-state index contributed by atoms with van der Waals surface area (Å²) in [7, 11) is -3.81. The first-order chi connectivity index (χ1) is 16.0. The molecule has 1 amide bonds. The lowest BCUT2D eigenvalue weighted by molar-refractivity contribution is -0.424. The molecule has 4 rings (SSSR count). The van der Waals surface area contributed by atoms with Crippen LogP contribution in [0.2, 0.25) is 10.0 Å². The van der Waals surface area contributed by atoms with Crippen molar-refractivity contribution in [2.45, 2.75) is 27.2 Å². The Bertz CT molecular complexity index is 1400. The van der Waals surface area contributed by atoms with Gasteiger partial charge in [0.15, 0.2) is 15.6 Å². The smallest absolute Gasteiger partial charge is 0.310 e. The summed E-state index contributed by atoms with van der Waals surface area (Å²) >= 11 is 13.4. The van der Waals surface area contributed by atoms with E-state index in [2.05, 4.69) is 5.32 Å². The number of sulfone groups is 1. The number of halogens is 2. The van der Waals surface area contributed by atoms with Crippen molar-refractivity contribution >= 4 is 56.4 Å². The zero-order valence-corrected chi connectivity index (χ0v) is 20.3. The standard InChI is InChI=1S/C22H16Cl2N2O6S2/c23-15-2-1-3-16(24)14(15)11-34(31,32)13-5-7-20-17(10-13)25-22(28)21(33-20)9-12-4-6-19(27)18(8-12)26(29)30/h1-3,5-10,21,27H,4,11H2,(H,25,28)/b12-9-. The van der Waals surface area contributed by atoms with Gasteiger partial charge >= 0.3 is 5.70 Å². The topological polar surface area (TPSA) is 127 Å². The molecule has 1 unspecified atom stereocenters. The molecule has 1 aliphatic carbocycles. The van der Waals surface area contributed by atoms with Crippen LogP contribution in [0.3, 0.4) is 0 Å². The zero-order valence-electron chi connectivity index (χ0n) is 17.2. The fraction of sp³-hybridized carbons (Fsp3) is 0.136. The predicted octanol–water partition coefficient (Wildman–Crippen LogP) is 5.31. The number of carbonyl (C=O) groups excluding carboxylic acids is 1. The summed E-state index contributed by atoms with van der Waals surface area (Å²) < 4.78 is 26.0. The summed E-state index contributed by atoms with van der Waals surface area (Å²) in [6.07, 6.45) is 4.36. The van der Waals surface area contributed by atoms with Gasteiger partial charge in [0.1, 0.15) is 5.25 Å². The zero-order chi connectivity index (χ0) is 24.6. The monoisotopic (exact) mass is 538 g/mol. The number of benzene rings is 2. The molecule has 0 fully saturated rings. The molecule has 8 nitrogen and oxygen atoms in total. The molecule has 12 heteroatoms. The summed E-state index contributed by atoms with van der Waals surface area (Å²) in [5, 5.41) is 23.2. The lowest BCUT2D eigenvalue weighted by Gasteiger charge is -2.23. The van der Waals surface area contributed by atoms with Crippen molar-refractivity contribution in [2.75, 3.05) is 5.32 Å². The number of hydrogen-bond donors (Lipinski definition) is 2. The maximum Gasteiger partial charge on any atom is 0.310 e.